The van der Waals surface area contributed by atoms with Crippen molar-refractivity contribution in [1.29, 1.82) is 0 Å². The largest absolute Gasteiger partial charge is 0.481 e. The molecule has 7 heteroatoms. The number of hydrogen-bond acceptors (Lipinski definition) is 4. The SMILES string of the molecule is O=[N+]([O-])C1([N+](=O)[O-])C=CC(c2ccccc2CBr)=CC1. The fourth-order valence-corrected chi connectivity index (χ4v) is 2.56. The first-order valence-corrected chi connectivity index (χ1v) is 6.96. The maximum Gasteiger partial charge on any atom is 0.481 e. The van der Waals surface area contributed by atoms with Crippen molar-refractivity contribution in [1.82, 2.24) is 0 Å². The predicted molar refractivity (Wildman–Crippen MR) is 77.5 cm³/mol. The van der Waals surface area contributed by atoms with Gasteiger partial charge in [-0.1, -0.05) is 46.3 Å². The van der Waals surface area contributed by atoms with Gasteiger partial charge in [0.1, 0.15) is 16.3 Å². The van der Waals surface area contributed by atoms with Gasteiger partial charge < -0.3 is 0 Å². The molecule has 1 aromatic carbocycles. The third-order valence-corrected chi connectivity index (χ3v) is 3.86. The van der Waals surface area contributed by atoms with Gasteiger partial charge in [-0.25, -0.2) is 0 Å². The minimum atomic E-state index is -2.24. The van der Waals surface area contributed by atoms with Crippen molar-refractivity contribution < 1.29 is 9.85 Å². The summed E-state index contributed by atoms with van der Waals surface area (Å²) in [7, 11) is 0. The highest BCUT2D eigenvalue weighted by Gasteiger charge is 2.53. The fraction of sp³-hybridized carbons (Fsp3) is 0.231. The van der Waals surface area contributed by atoms with Gasteiger partial charge in [0.25, 0.3) is 0 Å². The molecule has 104 valence electrons. The molecule has 6 nitrogen and oxygen atoms in total. The van der Waals surface area contributed by atoms with Gasteiger partial charge in [-0.2, -0.15) is 0 Å². The lowest BCUT2D eigenvalue weighted by atomic mass is 9.91. The summed E-state index contributed by atoms with van der Waals surface area (Å²) in [6.45, 7) is 0. The van der Waals surface area contributed by atoms with Gasteiger partial charge in [-0.15, -0.1) is 0 Å². The standard InChI is InChI=1S/C13H11BrN2O4/c14-9-11-3-1-2-4-12(11)10-5-7-13(8-6-10,15(17)18)16(19)20/h1-7H,8-9H2. The Hall–Kier alpha value is -2.02. The highest BCUT2D eigenvalue weighted by Crippen LogP contribution is 2.31. The highest BCUT2D eigenvalue weighted by atomic mass is 79.9. The molecule has 0 heterocycles. The first-order valence-electron chi connectivity index (χ1n) is 5.84. The van der Waals surface area contributed by atoms with E-state index in [-0.39, 0.29) is 6.42 Å². The van der Waals surface area contributed by atoms with Crippen molar-refractivity contribution in [2.75, 3.05) is 0 Å². The molecule has 0 atom stereocenters. The van der Waals surface area contributed by atoms with Crippen LogP contribution in [-0.4, -0.2) is 15.5 Å². The molecule has 2 rings (SSSR count). The van der Waals surface area contributed by atoms with Crippen molar-refractivity contribution in [3.05, 3.63) is 73.8 Å². The summed E-state index contributed by atoms with van der Waals surface area (Å²) in [5.41, 5.74) is 0.464. The molecule has 0 saturated heterocycles. The van der Waals surface area contributed by atoms with Gasteiger partial charge in [0.05, 0.1) is 6.08 Å². The molecule has 0 unspecified atom stereocenters. The van der Waals surface area contributed by atoms with Crippen molar-refractivity contribution >= 4 is 21.5 Å². The lowest BCUT2D eigenvalue weighted by Gasteiger charge is -2.17. The lowest BCUT2D eigenvalue weighted by molar-refractivity contribution is -0.780. The van der Waals surface area contributed by atoms with Crippen LogP contribution < -0.4 is 0 Å². The zero-order chi connectivity index (χ0) is 14.8. The monoisotopic (exact) mass is 338 g/mol. The molecule has 0 radical (unpaired) electrons. The molecular formula is C13H11BrN2O4. The van der Waals surface area contributed by atoms with E-state index in [1.54, 1.807) is 6.08 Å². The van der Waals surface area contributed by atoms with Crippen LogP contribution in [0.15, 0.2) is 42.5 Å². The van der Waals surface area contributed by atoms with Gasteiger partial charge in [0.15, 0.2) is 0 Å². The number of allylic oxidation sites excluding steroid dienone is 2. The van der Waals surface area contributed by atoms with Crippen LogP contribution in [0.4, 0.5) is 0 Å². The number of halogens is 1. The van der Waals surface area contributed by atoms with E-state index in [1.807, 2.05) is 24.3 Å². The first kappa shape index (κ1) is 14.4. The molecule has 0 N–H and O–H groups in total. The maximum absolute atomic E-state index is 11.0. The van der Waals surface area contributed by atoms with Crippen LogP contribution in [0.2, 0.25) is 0 Å². The van der Waals surface area contributed by atoms with E-state index in [2.05, 4.69) is 15.9 Å². The Morgan fingerprint density at radius 2 is 1.85 bits per heavy atom. The number of nitro groups is 2. The van der Waals surface area contributed by atoms with Crippen molar-refractivity contribution in [2.45, 2.75) is 17.4 Å². The van der Waals surface area contributed by atoms with Crippen molar-refractivity contribution in [3.63, 3.8) is 0 Å². The number of alkyl halides is 1. The normalized spacial score (nSPS) is 16.6. The number of rotatable bonds is 4. The average molecular weight is 339 g/mol. The summed E-state index contributed by atoms with van der Waals surface area (Å²) in [6.07, 6.45) is 3.81. The quantitative estimate of drug-likeness (QED) is 0.365. The van der Waals surface area contributed by atoms with Gasteiger partial charge in [-0.3, -0.25) is 20.2 Å². The Bertz CT molecular complexity index is 611. The first-order chi connectivity index (χ1) is 9.51. The third kappa shape index (κ3) is 2.36. The van der Waals surface area contributed by atoms with Crippen LogP contribution in [0, 0.1) is 20.2 Å². The lowest BCUT2D eigenvalue weighted by Crippen LogP contribution is -2.44. The average Bonchev–Trinajstić information content (AvgIpc) is 2.46. The molecule has 0 aliphatic heterocycles. The topological polar surface area (TPSA) is 86.3 Å². The van der Waals surface area contributed by atoms with E-state index in [1.165, 1.54) is 6.08 Å². The Kier molecular flexibility index (Phi) is 3.99. The Morgan fingerprint density at radius 1 is 1.20 bits per heavy atom. The van der Waals surface area contributed by atoms with Gasteiger partial charge in [-0.05, 0) is 22.8 Å². The van der Waals surface area contributed by atoms with E-state index >= 15 is 0 Å². The second kappa shape index (κ2) is 5.54. The summed E-state index contributed by atoms with van der Waals surface area (Å²) in [5.74, 6) is 0. The molecule has 1 aliphatic rings. The summed E-state index contributed by atoms with van der Waals surface area (Å²) in [6, 6.07) is 7.57. The minimum absolute atomic E-state index is 0.255. The molecule has 0 fully saturated rings. The summed E-state index contributed by atoms with van der Waals surface area (Å²) in [5, 5.41) is 22.6. The van der Waals surface area contributed by atoms with E-state index in [9.17, 15) is 20.2 Å². The van der Waals surface area contributed by atoms with Crippen LogP contribution in [-0.2, 0) is 5.33 Å². The smallest absolute Gasteiger partial charge is 0.258 e. The summed E-state index contributed by atoms with van der Waals surface area (Å²) < 4.78 is 0. The minimum Gasteiger partial charge on any atom is -0.258 e. The fourth-order valence-electron chi connectivity index (χ4n) is 2.08. The van der Waals surface area contributed by atoms with Crippen molar-refractivity contribution in [3.8, 4) is 0 Å². The van der Waals surface area contributed by atoms with Gasteiger partial charge in [0.2, 0.25) is 0 Å². The van der Waals surface area contributed by atoms with Crippen LogP contribution >= 0.6 is 15.9 Å². The molecule has 0 aromatic heterocycles. The van der Waals surface area contributed by atoms with E-state index < -0.39 is 15.5 Å². The van der Waals surface area contributed by atoms with E-state index in [0.29, 0.717) is 5.33 Å². The van der Waals surface area contributed by atoms with Crippen LogP contribution in [0.25, 0.3) is 5.57 Å². The Labute approximate surface area is 123 Å². The van der Waals surface area contributed by atoms with E-state index in [0.717, 1.165) is 22.8 Å². The Balaban J connectivity index is 2.37. The zero-order valence-corrected chi connectivity index (χ0v) is 11.9. The summed E-state index contributed by atoms with van der Waals surface area (Å²) >= 11 is 3.38. The summed E-state index contributed by atoms with van der Waals surface area (Å²) in [4.78, 5) is 20.2. The molecule has 1 aromatic rings. The van der Waals surface area contributed by atoms with Gasteiger partial charge in [0, 0.05) is 5.33 Å². The second-order valence-electron chi connectivity index (χ2n) is 4.38. The maximum atomic E-state index is 11.0. The molecule has 20 heavy (non-hydrogen) atoms. The second-order valence-corrected chi connectivity index (χ2v) is 4.94. The molecular weight excluding hydrogens is 328 g/mol. The van der Waals surface area contributed by atoms with E-state index in [4.69, 9.17) is 0 Å². The van der Waals surface area contributed by atoms with Crippen molar-refractivity contribution in [2.24, 2.45) is 0 Å². The molecule has 0 bridgehead atoms. The molecule has 0 amide bonds. The number of hydrogen-bond donors (Lipinski definition) is 0. The number of nitrogens with zero attached hydrogens (tertiary/aromatic N) is 2. The number of benzene rings is 1. The molecule has 0 saturated carbocycles. The zero-order valence-electron chi connectivity index (χ0n) is 10.4. The molecule has 1 aliphatic carbocycles. The van der Waals surface area contributed by atoms with Crippen LogP contribution in [0.3, 0.4) is 0 Å². The predicted octanol–water partition coefficient (Wildman–Crippen LogP) is 3.17. The van der Waals surface area contributed by atoms with Crippen LogP contribution in [0.5, 0.6) is 0 Å². The van der Waals surface area contributed by atoms with Gasteiger partial charge >= 0.3 is 5.66 Å². The third-order valence-electron chi connectivity index (χ3n) is 3.26. The van der Waals surface area contributed by atoms with Crippen LogP contribution in [0.1, 0.15) is 17.5 Å². The molecule has 0 spiro atoms. The Morgan fingerprint density at radius 3 is 2.35 bits per heavy atom. The highest BCUT2D eigenvalue weighted by molar-refractivity contribution is 9.08.